The van der Waals surface area contributed by atoms with E-state index in [0.717, 1.165) is 0 Å². The minimum Gasteiger partial charge on any atom is -0.510 e. The van der Waals surface area contributed by atoms with Crippen LogP contribution in [0.25, 0.3) is 0 Å². The monoisotopic (exact) mass is 176 g/mol. The molecule has 0 fully saturated rings. The van der Waals surface area contributed by atoms with Crippen LogP contribution in [0.15, 0.2) is 0 Å². The highest BCUT2D eigenvalue weighted by atomic mass is 28.3. The Labute approximate surface area is 56.5 Å². The standard InChI is InChI=1S/BH3O3.FH.H2O4Si/c2-1(3)4;;1-4-5(2)3/h2-4H;1H;1-2H. The third kappa shape index (κ3) is 147. The van der Waals surface area contributed by atoms with Crippen molar-refractivity contribution in [2.24, 2.45) is 0 Å². The van der Waals surface area contributed by atoms with Crippen molar-refractivity contribution in [2.75, 3.05) is 0 Å². The SMILES string of the molecule is F.O=[Si](O)OO.OB(O)O. The van der Waals surface area contributed by atoms with Crippen LogP contribution in [0.3, 0.4) is 0 Å². The summed E-state index contributed by atoms with van der Waals surface area (Å²) in [5, 5.41) is 28.6. The van der Waals surface area contributed by atoms with E-state index in [9.17, 15) is 0 Å². The Morgan fingerprint density at radius 3 is 1.40 bits per heavy atom. The lowest BCUT2D eigenvalue weighted by Gasteiger charge is -1.73. The number of hydrogen-bond acceptors (Lipinski definition) is 6. The first-order valence-electron chi connectivity index (χ1n) is 1.59. The Morgan fingerprint density at radius 2 is 1.40 bits per heavy atom. The van der Waals surface area contributed by atoms with E-state index >= 15 is 0 Å². The average molecular weight is 176 g/mol. The Kier molecular flexibility index (Phi) is 18.3. The van der Waals surface area contributed by atoms with Gasteiger partial charge in [0.2, 0.25) is 0 Å². The van der Waals surface area contributed by atoms with Gasteiger partial charge < -0.3 is 24.4 Å². The van der Waals surface area contributed by atoms with Crippen molar-refractivity contribution in [3.05, 3.63) is 0 Å². The zero-order valence-corrected chi connectivity index (χ0v) is 5.54. The molecule has 0 aromatic carbocycles. The topological polar surface area (TPSA) is 127 Å². The molecule has 0 radical (unpaired) electrons. The third-order valence-corrected chi connectivity index (χ3v) is 0.234. The molecule has 0 aromatic rings. The molecule has 0 aliphatic heterocycles. The van der Waals surface area contributed by atoms with Crippen LogP contribution in [0.2, 0.25) is 0 Å². The Balaban J connectivity index is -0.0000000910. The molecule has 62 valence electrons. The summed E-state index contributed by atoms with van der Waals surface area (Å²) in [6.45, 7) is 0. The van der Waals surface area contributed by atoms with Crippen LogP contribution >= 0.6 is 0 Å². The Hall–Kier alpha value is -0.548. The van der Waals surface area contributed by atoms with Gasteiger partial charge in [-0.1, -0.05) is 0 Å². The van der Waals surface area contributed by atoms with Gasteiger partial charge in [0.25, 0.3) is 0 Å². The highest BCUT2D eigenvalue weighted by Crippen LogP contribution is 1.49. The van der Waals surface area contributed by atoms with Gasteiger partial charge in [0, 0.05) is 0 Å². The molecular weight excluding hydrogens is 170 g/mol. The smallest absolute Gasteiger partial charge is 0.510 e. The molecule has 10 heteroatoms. The summed E-state index contributed by atoms with van der Waals surface area (Å²) in [4.78, 5) is 7.44. The molecule has 0 bridgehead atoms. The van der Waals surface area contributed by atoms with Crippen molar-refractivity contribution in [3.8, 4) is 0 Å². The first kappa shape index (κ1) is 16.2. The van der Waals surface area contributed by atoms with E-state index in [1.54, 1.807) is 0 Å². The highest BCUT2D eigenvalue weighted by Gasteiger charge is 1.97. The zero-order valence-electron chi connectivity index (χ0n) is 4.54. The molecule has 0 rings (SSSR count). The van der Waals surface area contributed by atoms with Crippen LogP contribution in [0.5, 0.6) is 0 Å². The number of rotatable bonds is 1. The zero-order chi connectivity index (χ0) is 7.86. The number of hydrogen-bond donors (Lipinski definition) is 5. The summed E-state index contributed by atoms with van der Waals surface area (Å²) in [5.74, 6) is 0. The van der Waals surface area contributed by atoms with Crippen molar-refractivity contribution < 1.29 is 38.9 Å². The molecule has 0 aliphatic carbocycles. The van der Waals surface area contributed by atoms with Crippen molar-refractivity contribution in [3.63, 3.8) is 0 Å². The second-order valence-electron chi connectivity index (χ2n) is 0.704. The van der Waals surface area contributed by atoms with E-state index < -0.39 is 16.5 Å². The molecule has 0 heterocycles. The lowest BCUT2D eigenvalue weighted by atomic mass is 10.3. The van der Waals surface area contributed by atoms with Crippen molar-refractivity contribution in [1.29, 1.82) is 0 Å². The molecule has 0 amide bonds. The fraction of sp³-hybridized carbons (Fsp3) is 0. The Bertz CT molecular complexity index is 71.3. The minimum absolute atomic E-state index is 0. The molecule has 0 saturated carbocycles. The number of halogens is 1. The van der Waals surface area contributed by atoms with Gasteiger partial charge in [0.05, 0.1) is 0 Å². The second kappa shape index (κ2) is 11.3. The van der Waals surface area contributed by atoms with Crippen molar-refractivity contribution >= 4 is 16.5 Å². The summed E-state index contributed by atoms with van der Waals surface area (Å²) in [6.07, 6.45) is 0. The van der Waals surface area contributed by atoms with Gasteiger partial charge >= 0.3 is 16.5 Å². The van der Waals surface area contributed by atoms with Gasteiger partial charge in [-0.05, 0) is 0 Å². The minimum atomic E-state index is -3.07. The quantitative estimate of drug-likeness (QED) is 0.163. The third-order valence-electron chi connectivity index (χ3n) is 0.0781. The molecular formula is H6BFO7Si. The van der Waals surface area contributed by atoms with Gasteiger partial charge in [0.1, 0.15) is 0 Å². The maximum Gasteiger partial charge on any atom is 0.798 e. The van der Waals surface area contributed by atoms with Gasteiger partial charge in [-0.2, -0.15) is 0 Å². The lowest BCUT2D eigenvalue weighted by molar-refractivity contribution is -0.161. The van der Waals surface area contributed by atoms with E-state index in [-0.39, 0.29) is 4.70 Å². The highest BCUT2D eigenvalue weighted by molar-refractivity contribution is 6.30. The lowest BCUT2D eigenvalue weighted by Crippen LogP contribution is -2.07. The van der Waals surface area contributed by atoms with Crippen LogP contribution in [0, 0.1) is 0 Å². The predicted molar refractivity (Wildman–Crippen MR) is 27.3 cm³/mol. The molecule has 5 N–H and O–H groups in total. The maximum atomic E-state index is 9.08. The fourth-order valence-electron chi connectivity index (χ4n) is 0. The maximum absolute atomic E-state index is 9.08. The first-order chi connectivity index (χ1) is 4.00. The summed E-state index contributed by atoms with van der Waals surface area (Å²) < 4.78 is 11.9. The van der Waals surface area contributed by atoms with Crippen LogP contribution in [-0.4, -0.2) is 41.6 Å². The first-order valence-corrected chi connectivity index (χ1v) is 2.85. The van der Waals surface area contributed by atoms with E-state index in [1.807, 2.05) is 0 Å². The molecule has 7 nitrogen and oxygen atoms in total. The summed E-state index contributed by atoms with van der Waals surface area (Å²) in [6, 6.07) is 0. The van der Waals surface area contributed by atoms with Crippen molar-refractivity contribution in [1.82, 2.24) is 0 Å². The van der Waals surface area contributed by atoms with Crippen LogP contribution < -0.4 is 0 Å². The summed E-state index contributed by atoms with van der Waals surface area (Å²) in [5.41, 5.74) is 0. The van der Waals surface area contributed by atoms with Gasteiger partial charge in [0.15, 0.2) is 0 Å². The van der Waals surface area contributed by atoms with E-state index in [0.29, 0.717) is 0 Å². The van der Waals surface area contributed by atoms with E-state index in [4.69, 9.17) is 29.6 Å². The van der Waals surface area contributed by atoms with Gasteiger partial charge in [-0.25, -0.2) is 5.26 Å². The molecule has 10 heavy (non-hydrogen) atoms. The average Bonchev–Trinajstić information content (AvgIpc) is 1.65. The largest absolute Gasteiger partial charge is 0.798 e. The Morgan fingerprint density at radius 1 is 1.30 bits per heavy atom. The summed E-state index contributed by atoms with van der Waals surface area (Å²) in [7, 11) is -5.24. The van der Waals surface area contributed by atoms with Crippen LogP contribution in [-0.2, 0) is 9.04 Å². The van der Waals surface area contributed by atoms with Crippen LogP contribution in [0.4, 0.5) is 4.70 Å². The van der Waals surface area contributed by atoms with E-state index in [2.05, 4.69) is 4.58 Å². The van der Waals surface area contributed by atoms with Gasteiger partial charge in [-0.3, -0.25) is 9.17 Å². The molecule has 0 unspecified atom stereocenters. The molecule has 0 atom stereocenters. The normalized spacial score (nSPS) is 6.00. The van der Waals surface area contributed by atoms with E-state index in [1.165, 1.54) is 0 Å². The van der Waals surface area contributed by atoms with Gasteiger partial charge in [-0.15, -0.1) is 0 Å². The molecule has 0 saturated heterocycles. The second-order valence-corrected chi connectivity index (χ2v) is 1.42. The molecule has 0 spiro atoms. The fourth-order valence-corrected chi connectivity index (χ4v) is 0. The van der Waals surface area contributed by atoms with Crippen molar-refractivity contribution in [2.45, 2.75) is 0 Å². The molecule has 0 aliphatic rings. The van der Waals surface area contributed by atoms with Crippen LogP contribution in [0.1, 0.15) is 0 Å². The predicted octanol–water partition coefficient (Wildman–Crippen LogP) is -3.02. The summed E-state index contributed by atoms with van der Waals surface area (Å²) >= 11 is 0. The molecule has 0 aromatic heterocycles.